The zero-order chi connectivity index (χ0) is 34.2. The first-order valence-corrected chi connectivity index (χ1v) is 16.6. The molecular weight excluding hydrogens is 582 g/mol. The number of ether oxygens (including phenoxy) is 1. The quantitative estimate of drug-likeness (QED) is 0.181. The van der Waals surface area contributed by atoms with Crippen molar-refractivity contribution in [3.63, 3.8) is 0 Å². The summed E-state index contributed by atoms with van der Waals surface area (Å²) in [5.41, 5.74) is 1.94. The maximum absolute atomic E-state index is 14.5. The average Bonchev–Trinajstić information content (AvgIpc) is 3.45. The molecule has 0 radical (unpaired) electrons. The van der Waals surface area contributed by atoms with Crippen LogP contribution >= 0.6 is 0 Å². The second kappa shape index (κ2) is 16.2. The Morgan fingerprint density at radius 2 is 1.63 bits per heavy atom. The Morgan fingerprint density at radius 3 is 2.20 bits per heavy atom. The smallest absolute Gasteiger partial charge is 0.408 e. The molecule has 46 heavy (non-hydrogen) atoms. The minimum Gasteiger partial charge on any atom is -0.446 e. The van der Waals surface area contributed by atoms with E-state index >= 15 is 0 Å². The number of hydrogen-bond acceptors (Lipinski definition) is 6. The number of rotatable bonds is 15. The van der Waals surface area contributed by atoms with E-state index in [9.17, 15) is 24.0 Å². The van der Waals surface area contributed by atoms with Gasteiger partial charge in [0.25, 0.3) is 5.91 Å². The van der Waals surface area contributed by atoms with Crippen LogP contribution in [0, 0.1) is 35.0 Å². The Hall–Kier alpha value is -3.75. The van der Waals surface area contributed by atoms with Gasteiger partial charge in [-0.1, -0.05) is 71.0 Å². The number of ketones is 2. The molecule has 0 bridgehead atoms. The number of allylic oxidation sites excluding steroid dienone is 1. The standard InChI is InChI=1S/C37H53N3O6/c1-9-11-16-30(33(42)35(44)38-17-10-2)39-34(43)29-20-28(21-37(7,8)23(29)5)32(41)31(40-36(45)46-24(6)22(3)4)27-18-25-14-12-13-15-26(25)19-27/h9-10,12-15,22-24,27-31H,1-2,11,16-21H2,3-8H3,(H,38,44)(H,39,43)(H,40,45)/t23?,24?,28?,29-,30?,31?/m0/s1. The van der Waals surface area contributed by atoms with Gasteiger partial charge in [-0.2, -0.15) is 0 Å². The number of amides is 3. The van der Waals surface area contributed by atoms with Gasteiger partial charge in [0, 0.05) is 18.4 Å². The summed E-state index contributed by atoms with van der Waals surface area (Å²) in [5, 5.41) is 8.28. The van der Waals surface area contributed by atoms with Gasteiger partial charge < -0.3 is 20.7 Å². The summed E-state index contributed by atoms with van der Waals surface area (Å²) >= 11 is 0. The number of fused-ring (bicyclic) bond motifs is 1. The second-order valence-electron chi connectivity index (χ2n) is 14.1. The first kappa shape index (κ1) is 36.7. The Bertz CT molecular complexity index is 1280. The van der Waals surface area contributed by atoms with E-state index in [0.717, 1.165) is 0 Å². The number of nitrogens with one attached hydrogen (secondary N) is 3. The zero-order valence-electron chi connectivity index (χ0n) is 28.4. The lowest BCUT2D eigenvalue weighted by Gasteiger charge is -2.46. The lowest BCUT2D eigenvalue weighted by Crippen LogP contribution is -2.55. The fourth-order valence-corrected chi connectivity index (χ4v) is 6.72. The van der Waals surface area contributed by atoms with Gasteiger partial charge in [-0.3, -0.25) is 19.2 Å². The van der Waals surface area contributed by atoms with E-state index < -0.39 is 47.1 Å². The molecule has 6 atom stereocenters. The Morgan fingerprint density at radius 1 is 1.00 bits per heavy atom. The number of benzene rings is 1. The normalized spacial score (nSPS) is 22.5. The van der Waals surface area contributed by atoms with Crippen LogP contribution < -0.4 is 16.0 Å². The highest BCUT2D eigenvalue weighted by molar-refractivity contribution is 6.38. The maximum atomic E-state index is 14.5. The van der Waals surface area contributed by atoms with Gasteiger partial charge in [0.2, 0.25) is 11.7 Å². The van der Waals surface area contributed by atoms with Gasteiger partial charge in [0.05, 0.1) is 12.1 Å². The lowest BCUT2D eigenvalue weighted by molar-refractivity contribution is -0.142. The van der Waals surface area contributed by atoms with Crippen LogP contribution in [0.5, 0.6) is 0 Å². The Balaban J connectivity index is 1.86. The summed E-state index contributed by atoms with van der Waals surface area (Å²) in [5.74, 6) is -3.20. The largest absolute Gasteiger partial charge is 0.446 e. The molecular formula is C37H53N3O6. The molecule has 0 heterocycles. The highest BCUT2D eigenvalue weighted by atomic mass is 16.6. The second-order valence-corrected chi connectivity index (χ2v) is 14.1. The molecule has 252 valence electrons. The average molecular weight is 636 g/mol. The summed E-state index contributed by atoms with van der Waals surface area (Å²) < 4.78 is 5.63. The van der Waals surface area contributed by atoms with Crippen LogP contribution in [0.1, 0.15) is 78.4 Å². The van der Waals surface area contributed by atoms with Crippen LogP contribution in [0.25, 0.3) is 0 Å². The molecule has 2 aliphatic carbocycles. The summed E-state index contributed by atoms with van der Waals surface area (Å²) in [4.78, 5) is 66.9. The molecule has 0 saturated heterocycles. The van der Waals surface area contributed by atoms with E-state index in [4.69, 9.17) is 4.74 Å². The van der Waals surface area contributed by atoms with Gasteiger partial charge in [0.1, 0.15) is 6.10 Å². The minimum atomic E-state index is -1.02. The highest BCUT2D eigenvalue weighted by Crippen LogP contribution is 2.47. The number of carbonyl (C=O) groups is 5. The van der Waals surface area contributed by atoms with Crippen molar-refractivity contribution in [1.29, 1.82) is 0 Å². The predicted molar refractivity (Wildman–Crippen MR) is 179 cm³/mol. The van der Waals surface area contributed by atoms with Crippen LogP contribution in [-0.2, 0) is 36.8 Å². The summed E-state index contributed by atoms with van der Waals surface area (Å²) in [6.07, 6.45) is 4.97. The van der Waals surface area contributed by atoms with Gasteiger partial charge in [-0.25, -0.2) is 4.79 Å². The summed E-state index contributed by atoms with van der Waals surface area (Å²) in [6, 6.07) is 6.27. The Kier molecular flexibility index (Phi) is 12.9. The van der Waals surface area contributed by atoms with E-state index in [0.29, 0.717) is 25.7 Å². The minimum absolute atomic E-state index is 0.104. The molecule has 1 saturated carbocycles. The number of Topliss-reactive ketones (excluding diaryl/α,β-unsaturated/α-hetero) is 2. The molecule has 0 aromatic heterocycles. The third kappa shape index (κ3) is 9.17. The first-order chi connectivity index (χ1) is 21.7. The van der Waals surface area contributed by atoms with Crippen LogP contribution in [0.4, 0.5) is 4.79 Å². The molecule has 9 nitrogen and oxygen atoms in total. The van der Waals surface area contributed by atoms with Crippen LogP contribution in [0.2, 0.25) is 0 Å². The lowest BCUT2D eigenvalue weighted by atomic mass is 9.59. The molecule has 9 heteroatoms. The van der Waals surface area contributed by atoms with Crippen LogP contribution in [-0.4, -0.2) is 54.2 Å². The molecule has 3 rings (SSSR count). The van der Waals surface area contributed by atoms with Gasteiger partial charge >= 0.3 is 6.09 Å². The maximum Gasteiger partial charge on any atom is 0.408 e. The molecule has 2 aliphatic rings. The van der Waals surface area contributed by atoms with Crippen molar-refractivity contribution in [2.24, 2.45) is 35.0 Å². The van der Waals surface area contributed by atoms with E-state index in [1.807, 2.05) is 53.7 Å². The van der Waals surface area contributed by atoms with E-state index in [1.54, 1.807) is 6.08 Å². The molecule has 0 aliphatic heterocycles. The van der Waals surface area contributed by atoms with Gasteiger partial charge in [-0.05, 0) is 79.7 Å². The van der Waals surface area contributed by atoms with Crippen molar-refractivity contribution in [1.82, 2.24) is 16.0 Å². The van der Waals surface area contributed by atoms with Crippen LogP contribution in [0.3, 0.4) is 0 Å². The molecule has 1 fully saturated rings. The monoisotopic (exact) mass is 635 g/mol. The Labute approximate surface area is 274 Å². The van der Waals surface area contributed by atoms with Crippen molar-refractivity contribution in [2.75, 3.05) is 6.54 Å². The molecule has 0 spiro atoms. The van der Waals surface area contributed by atoms with Crippen molar-refractivity contribution in [3.8, 4) is 0 Å². The number of hydrogen-bond donors (Lipinski definition) is 3. The first-order valence-electron chi connectivity index (χ1n) is 16.6. The molecule has 1 aromatic carbocycles. The van der Waals surface area contributed by atoms with Crippen molar-refractivity contribution >= 4 is 29.5 Å². The summed E-state index contributed by atoms with van der Waals surface area (Å²) in [6.45, 7) is 19.3. The highest BCUT2D eigenvalue weighted by Gasteiger charge is 2.48. The van der Waals surface area contributed by atoms with Gasteiger partial charge in [-0.15, -0.1) is 13.2 Å². The van der Waals surface area contributed by atoms with Gasteiger partial charge in [0.15, 0.2) is 5.78 Å². The molecule has 3 amide bonds. The third-order valence-electron chi connectivity index (χ3n) is 10.2. The topological polar surface area (TPSA) is 131 Å². The van der Waals surface area contributed by atoms with E-state index in [1.165, 1.54) is 17.2 Å². The zero-order valence-corrected chi connectivity index (χ0v) is 28.4. The summed E-state index contributed by atoms with van der Waals surface area (Å²) in [7, 11) is 0. The van der Waals surface area contributed by atoms with Crippen molar-refractivity contribution in [2.45, 2.75) is 98.3 Å². The SMILES string of the molecule is C=CCCC(NC(=O)[C@H]1CC(C(=O)C(NC(=O)OC(C)C(C)C)C2Cc3ccccc3C2)CC(C)(C)C1C)C(=O)C(=O)NCC=C. The molecule has 3 N–H and O–H groups in total. The predicted octanol–water partition coefficient (Wildman–Crippen LogP) is 5.12. The van der Waals surface area contributed by atoms with Crippen molar-refractivity contribution in [3.05, 3.63) is 60.7 Å². The fourth-order valence-electron chi connectivity index (χ4n) is 6.72. The molecule has 1 aromatic rings. The van der Waals surface area contributed by atoms with E-state index in [2.05, 4.69) is 41.2 Å². The van der Waals surface area contributed by atoms with E-state index in [-0.39, 0.29) is 54.9 Å². The van der Waals surface area contributed by atoms with Crippen LogP contribution in [0.15, 0.2) is 49.6 Å². The number of alkyl carbamates (subject to hydrolysis) is 1. The van der Waals surface area contributed by atoms with Crippen molar-refractivity contribution < 1.29 is 28.7 Å². The molecule has 5 unspecified atom stereocenters. The fraction of sp³-hybridized carbons (Fsp3) is 0.595. The third-order valence-corrected chi connectivity index (χ3v) is 10.2. The number of carbonyl (C=O) groups excluding carboxylic acids is 5.